The van der Waals surface area contributed by atoms with Gasteiger partial charge in [0, 0.05) is 4.88 Å². The minimum Gasteiger partial charge on any atom is -0.465 e. The number of nitrogens with zero attached hydrogens (tertiary/aromatic N) is 2. The molecule has 0 bridgehead atoms. The van der Waals surface area contributed by atoms with Gasteiger partial charge in [-0.1, -0.05) is 23.1 Å². The Morgan fingerprint density at radius 1 is 1.22 bits per heavy atom. The number of amides is 1. The van der Waals surface area contributed by atoms with Crippen LogP contribution in [0.15, 0.2) is 4.34 Å². The molecule has 2 heterocycles. The smallest absolute Gasteiger partial charge is 0.405 e. The average Bonchev–Trinajstić information content (AvgIpc) is 3.15. The van der Waals surface area contributed by atoms with Crippen LogP contribution in [0.4, 0.5) is 23.3 Å². The summed E-state index contributed by atoms with van der Waals surface area (Å²) in [5.41, 5.74) is 1.05. The van der Waals surface area contributed by atoms with Crippen LogP contribution in [0.5, 0.6) is 0 Å². The summed E-state index contributed by atoms with van der Waals surface area (Å²) in [6, 6.07) is 0. The van der Waals surface area contributed by atoms with Gasteiger partial charge in [-0.05, 0) is 19.4 Å². The van der Waals surface area contributed by atoms with Crippen molar-refractivity contribution in [3.63, 3.8) is 0 Å². The van der Waals surface area contributed by atoms with Crippen LogP contribution in [0, 0.1) is 13.8 Å². The Morgan fingerprint density at radius 2 is 1.93 bits per heavy atom. The largest absolute Gasteiger partial charge is 0.465 e. The summed E-state index contributed by atoms with van der Waals surface area (Å²) in [6.45, 7) is 2.38. The highest BCUT2D eigenvalue weighted by Crippen LogP contribution is 2.33. The van der Waals surface area contributed by atoms with Crippen LogP contribution < -0.4 is 10.6 Å². The predicted molar refractivity (Wildman–Crippen MR) is 98.9 cm³/mol. The van der Waals surface area contributed by atoms with Crippen LogP contribution in [0.3, 0.4) is 0 Å². The fourth-order valence-corrected chi connectivity index (χ4v) is 4.48. The Labute approximate surface area is 164 Å². The highest BCUT2D eigenvalue weighted by Gasteiger charge is 2.27. The maximum absolute atomic E-state index is 12.2. The topological polar surface area (TPSA) is 93.2 Å². The van der Waals surface area contributed by atoms with Crippen LogP contribution in [0.25, 0.3) is 0 Å². The number of aryl methyl sites for hydroxylation is 1. The molecule has 0 aromatic carbocycles. The summed E-state index contributed by atoms with van der Waals surface area (Å²) >= 11 is 3.21. The van der Waals surface area contributed by atoms with Crippen LogP contribution in [-0.2, 0) is 9.53 Å². The minimum atomic E-state index is -4.35. The molecule has 27 heavy (non-hydrogen) atoms. The van der Waals surface area contributed by atoms with Crippen molar-refractivity contribution in [2.24, 2.45) is 0 Å². The van der Waals surface area contributed by atoms with Gasteiger partial charge < -0.3 is 15.4 Å². The molecule has 0 aliphatic carbocycles. The number of alkyl halides is 3. The van der Waals surface area contributed by atoms with Gasteiger partial charge in [0.2, 0.25) is 11.0 Å². The number of methoxy groups -OCH3 is 1. The SMILES string of the molecule is COC(=O)c1c(NC(=O)CSc2nnc(NCC(F)(F)F)s2)sc(C)c1C. The van der Waals surface area contributed by atoms with Gasteiger partial charge in [-0.15, -0.1) is 21.5 Å². The van der Waals surface area contributed by atoms with E-state index >= 15 is 0 Å². The van der Waals surface area contributed by atoms with Crippen molar-refractivity contribution >= 4 is 56.4 Å². The van der Waals surface area contributed by atoms with Crippen molar-refractivity contribution < 1.29 is 27.5 Å². The van der Waals surface area contributed by atoms with E-state index in [9.17, 15) is 22.8 Å². The first-order valence-electron chi connectivity index (χ1n) is 7.35. The van der Waals surface area contributed by atoms with Gasteiger partial charge in [-0.3, -0.25) is 4.79 Å². The average molecular weight is 440 g/mol. The lowest BCUT2D eigenvalue weighted by atomic mass is 10.1. The number of aromatic nitrogens is 2. The summed E-state index contributed by atoms with van der Waals surface area (Å²) in [4.78, 5) is 24.9. The maximum Gasteiger partial charge on any atom is 0.405 e. The zero-order chi connectivity index (χ0) is 20.2. The van der Waals surface area contributed by atoms with E-state index in [0.717, 1.165) is 33.5 Å². The van der Waals surface area contributed by atoms with E-state index in [4.69, 9.17) is 4.74 Å². The third-order valence-corrected chi connectivity index (χ3v) is 6.34. The predicted octanol–water partition coefficient (Wildman–Crippen LogP) is 3.71. The van der Waals surface area contributed by atoms with E-state index in [-0.39, 0.29) is 16.8 Å². The van der Waals surface area contributed by atoms with E-state index in [1.54, 1.807) is 6.92 Å². The van der Waals surface area contributed by atoms with Crippen LogP contribution in [0.2, 0.25) is 0 Å². The molecule has 7 nitrogen and oxygen atoms in total. The van der Waals surface area contributed by atoms with Crippen molar-refractivity contribution in [2.75, 3.05) is 30.0 Å². The lowest BCUT2D eigenvalue weighted by Crippen LogP contribution is -2.21. The molecule has 0 aliphatic rings. The van der Waals surface area contributed by atoms with Crippen LogP contribution in [0.1, 0.15) is 20.8 Å². The molecule has 2 aromatic heterocycles. The van der Waals surface area contributed by atoms with Crippen LogP contribution in [-0.4, -0.2) is 47.7 Å². The molecule has 0 radical (unpaired) electrons. The number of thioether (sulfide) groups is 1. The summed E-state index contributed by atoms with van der Waals surface area (Å²) in [5.74, 6) is -0.958. The molecule has 0 saturated heterocycles. The molecule has 0 atom stereocenters. The Hall–Kier alpha value is -1.86. The molecule has 1 amide bonds. The number of halogens is 3. The Balaban J connectivity index is 1.93. The standard InChI is InChI=1S/C14H15F3N4O3S3/c1-6-7(2)26-10(9(6)11(23)24-3)19-8(22)4-25-13-21-20-12(27-13)18-5-14(15,16)17/h4-5H2,1-3H3,(H,18,20)(H,19,22). The number of ether oxygens (including phenoxy) is 1. The van der Waals surface area contributed by atoms with Gasteiger partial charge in [0.25, 0.3) is 0 Å². The molecular weight excluding hydrogens is 425 g/mol. The molecule has 2 N–H and O–H groups in total. The number of hydrogen-bond acceptors (Lipinski definition) is 9. The third kappa shape index (κ3) is 6.07. The minimum absolute atomic E-state index is 0.0210. The number of carbonyl (C=O) groups is 2. The van der Waals surface area contributed by atoms with E-state index in [1.165, 1.54) is 18.4 Å². The van der Waals surface area contributed by atoms with E-state index in [0.29, 0.717) is 14.9 Å². The van der Waals surface area contributed by atoms with Crippen molar-refractivity contribution in [1.82, 2.24) is 10.2 Å². The Morgan fingerprint density at radius 3 is 2.56 bits per heavy atom. The third-order valence-electron chi connectivity index (χ3n) is 3.20. The zero-order valence-corrected chi connectivity index (χ0v) is 16.8. The summed E-state index contributed by atoms with van der Waals surface area (Å²) in [6.07, 6.45) is -4.35. The number of carbonyl (C=O) groups excluding carboxylic acids is 2. The fourth-order valence-electron chi connectivity index (χ4n) is 1.87. The maximum atomic E-state index is 12.2. The van der Waals surface area contributed by atoms with Gasteiger partial charge in [0.1, 0.15) is 11.5 Å². The monoisotopic (exact) mass is 440 g/mol. The number of anilines is 2. The molecule has 13 heteroatoms. The lowest BCUT2D eigenvalue weighted by molar-refractivity contribution is -0.115. The van der Waals surface area contributed by atoms with Gasteiger partial charge >= 0.3 is 12.1 Å². The van der Waals surface area contributed by atoms with Gasteiger partial charge in [0.05, 0.1) is 18.4 Å². The van der Waals surface area contributed by atoms with Gasteiger partial charge in [-0.2, -0.15) is 13.2 Å². The van der Waals surface area contributed by atoms with Crippen molar-refractivity contribution in [3.8, 4) is 0 Å². The zero-order valence-electron chi connectivity index (χ0n) is 14.4. The number of hydrogen-bond donors (Lipinski definition) is 2. The second kappa shape index (κ2) is 8.89. The molecular formula is C14H15F3N4O3S3. The number of rotatable bonds is 7. The quantitative estimate of drug-likeness (QED) is 0.501. The molecule has 0 spiro atoms. The summed E-state index contributed by atoms with van der Waals surface area (Å²) < 4.78 is 41.6. The lowest BCUT2D eigenvalue weighted by Gasteiger charge is -2.05. The normalized spacial score (nSPS) is 11.3. The second-order valence-corrected chi connectivity index (χ2v) is 8.58. The molecule has 148 valence electrons. The molecule has 2 aromatic rings. The van der Waals surface area contributed by atoms with E-state index in [1.807, 2.05) is 6.92 Å². The summed E-state index contributed by atoms with van der Waals surface area (Å²) in [7, 11) is 1.26. The highest BCUT2D eigenvalue weighted by atomic mass is 32.2. The van der Waals surface area contributed by atoms with Gasteiger partial charge in [0.15, 0.2) is 4.34 Å². The molecule has 0 saturated carbocycles. The first kappa shape index (κ1) is 21.4. The van der Waals surface area contributed by atoms with Gasteiger partial charge in [-0.25, -0.2) is 4.79 Å². The Bertz CT molecular complexity index is 835. The van der Waals surface area contributed by atoms with E-state index < -0.39 is 18.7 Å². The first-order chi connectivity index (χ1) is 12.6. The fraction of sp³-hybridized carbons (Fsp3) is 0.429. The summed E-state index contributed by atoms with van der Waals surface area (Å²) in [5, 5.41) is 12.5. The van der Waals surface area contributed by atoms with Crippen molar-refractivity contribution in [2.45, 2.75) is 24.4 Å². The molecule has 0 fully saturated rings. The number of nitrogens with one attached hydrogen (secondary N) is 2. The second-order valence-electron chi connectivity index (χ2n) is 5.16. The van der Waals surface area contributed by atoms with E-state index in [2.05, 4.69) is 20.8 Å². The molecule has 0 aliphatic heterocycles. The van der Waals surface area contributed by atoms with Crippen molar-refractivity contribution in [1.29, 1.82) is 0 Å². The molecule has 0 unspecified atom stereocenters. The first-order valence-corrected chi connectivity index (χ1v) is 9.97. The number of esters is 1. The number of thiophene rings is 1. The molecule has 2 rings (SSSR count). The van der Waals surface area contributed by atoms with Crippen molar-refractivity contribution in [3.05, 3.63) is 16.0 Å². The highest BCUT2D eigenvalue weighted by molar-refractivity contribution is 8.01. The van der Waals surface area contributed by atoms with Crippen LogP contribution >= 0.6 is 34.4 Å². The Kier molecular flexibility index (Phi) is 7.06.